The molecule has 96 valence electrons. The molecule has 18 heavy (non-hydrogen) atoms. The van der Waals surface area contributed by atoms with Crippen molar-refractivity contribution in [3.63, 3.8) is 0 Å². The van der Waals surface area contributed by atoms with E-state index in [1.54, 1.807) is 17.4 Å². The van der Waals surface area contributed by atoms with E-state index in [2.05, 4.69) is 24.1 Å². The molecule has 1 aromatic heterocycles. The first kappa shape index (κ1) is 13.8. The molecule has 2 rings (SSSR count). The Hall–Kier alpha value is -0.610. The Kier molecular flexibility index (Phi) is 4.62. The van der Waals surface area contributed by atoms with Crippen LogP contribution in [0.4, 0.5) is 0 Å². The Morgan fingerprint density at radius 1 is 1.39 bits per heavy atom. The molecule has 2 aromatic rings. The van der Waals surface area contributed by atoms with Gasteiger partial charge in [-0.15, -0.1) is 11.3 Å². The maximum Gasteiger partial charge on any atom is 0.125 e. The highest BCUT2D eigenvalue weighted by Crippen LogP contribution is 2.34. The number of nitrogens with zero attached hydrogens (tertiary/aromatic N) is 1. The fourth-order valence-corrected chi connectivity index (χ4v) is 3.22. The lowest BCUT2D eigenvalue weighted by atomic mass is 10.2. The first-order valence-electron chi connectivity index (χ1n) is 5.76. The monoisotopic (exact) mass is 300 g/mol. The van der Waals surface area contributed by atoms with E-state index >= 15 is 0 Å². The van der Waals surface area contributed by atoms with Crippen LogP contribution < -0.4 is 5.32 Å². The fraction of sp³-hybridized carbons (Fsp3) is 0.308. The molecular weight excluding hydrogens is 287 g/mol. The summed E-state index contributed by atoms with van der Waals surface area (Å²) < 4.78 is 0. The summed E-state index contributed by atoms with van der Waals surface area (Å²) in [5.41, 5.74) is 0.931. The molecule has 0 radical (unpaired) electrons. The molecule has 2 nitrogen and oxygen atoms in total. The van der Waals surface area contributed by atoms with Crippen LogP contribution in [0.25, 0.3) is 10.6 Å². The van der Waals surface area contributed by atoms with Crippen LogP contribution in [0.5, 0.6) is 0 Å². The highest BCUT2D eigenvalue weighted by atomic mass is 35.5. The summed E-state index contributed by atoms with van der Waals surface area (Å²) in [5.74, 6) is 0. The summed E-state index contributed by atoms with van der Waals surface area (Å²) in [4.78, 5) is 5.64. The predicted octanol–water partition coefficient (Wildman–Crippen LogP) is 4.79. The number of halogens is 2. The highest BCUT2D eigenvalue weighted by Gasteiger charge is 2.12. The molecule has 5 heteroatoms. The van der Waals surface area contributed by atoms with Gasteiger partial charge >= 0.3 is 0 Å². The standard InChI is InChI=1S/C13H14Cl2N2S/c1-3-16-8(2)12-7-17-13(18-12)10-5-4-9(14)6-11(10)15/h4-8,16H,3H2,1-2H3. The van der Waals surface area contributed by atoms with Crippen molar-refractivity contribution in [1.29, 1.82) is 0 Å². The van der Waals surface area contributed by atoms with Crippen LogP contribution in [-0.4, -0.2) is 11.5 Å². The van der Waals surface area contributed by atoms with Crippen molar-refractivity contribution in [2.75, 3.05) is 6.54 Å². The van der Waals surface area contributed by atoms with Gasteiger partial charge in [0.15, 0.2) is 0 Å². The topological polar surface area (TPSA) is 24.9 Å². The summed E-state index contributed by atoms with van der Waals surface area (Å²) >= 11 is 13.7. The van der Waals surface area contributed by atoms with E-state index < -0.39 is 0 Å². The maximum atomic E-state index is 6.18. The van der Waals surface area contributed by atoms with Gasteiger partial charge in [0.05, 0.1) is 5.02 Å². The molecule has 1 N–H and O–H groups in total. The van der Waals surface area contributed by atoms with Crippen molar-refractivity contribution < 1.29 is 0 Å². The van der Waals surface area contributed by atoms with Crippen molar-refractivity contribution >= 4 is 34.5 Å². The summed E-state index contributed by atoms with van der Waals surface area (Å²) in [5, 5.41) is 5.57. The summed E-state index contributed by atoms with van der Waals surface area (Å²) in [7, 11) is 0. The Morgan fingerprint density at radius 3 is 2.83 bits per heavy atom. The van der Waals surface area contributed by atoms with Crippen LogP contribution in [0, 0.1) is 0 Å². The summed E-state index contributed by atoms with van der Waals surface area (Å²) in [6.07, 6.45) is 1.90. The minimum Gasteiger partial charge on any atom is -0.310 e. The molecule has 1 unspecified atom stereocenters. The normalized spacial score (nSPS) is 12.7. The molecule has 1 aromatic carbocycles. The molecule has 0 bridgehead atoms. The van der Waals surface area contributed by atoms with Gasteiger partial charge in [-0.2, -0.15) is 0 Å². The zero-order chi connectivity index (χ0) is 13.1. The van der Waals surface area contributed by atoms with Gasteiger partial charge in [-0.1, -0.05) is 30.1 Å². The smallest absolute Gasteiger partial charge is 0.125 e. The molecule has 0 saturated heterocycles. The SMILES string of the molecule is CCNC(C)c1cnc(-c2ccc(Cl)cc2Cl)s1. The molecule has 0 aliphatic heterocycles. The summed E-state index contributed by atoms with van der Waals surface area (Å²) in [6, 6.07) is 5.79. The lowest BCUT2D eigenvalue weighted by Crippen LogP contribution is -2.16. The molecule has 0 spiro atoms. The van der Waals surface area contributed by atoms with Crippen LogP contribution in [0.3, 0.4) is 0 Å². The van der Waals surface area contributed by atoms with Gasteiger partial charge in [0.2, 0.25) is 0 Å². The van der Waals surface area contributed by atoms with E-state index in [0.717, 1.165) is 17.1 Å². The second-order valence-corrected chi connectivity index (χ2v) is 5.88. The number of aromatic nitrogens is 1. The van der Waals surface area contributed by atoms with Gasteiger partial charge in [-0.3, -0.25) is 0 Å². The van der Waals surface area contributed by atoms with E-state index in [1.807, 2.05) is 18.3 Å². The molecule has 0 amide bonds. The van der Waals surface area contributed by atoms with Crippen molar-refractivity contribution in [2.24, 2.45) is 0 Å². The van der Waals surface area contributed by atoms with Crippen LogP contribution in [0.1, 0.15) is 24.8 Å². The maximum absolute atomic E-state index is 6.18. The van der Waals surface area contributed by atoms with Crippen molar-refractivity contribution in [3.05, 3.63) is 39.3 Å². The lowest BCUT2D eigenvalue weighted by Gasteiger charge is -2.08. The van der Waals surface area contributed by atoms with Crippen molar-refractivity contribution in [2.45, 2.75) is 19.9 Å². The van der Waals surface area contributed by atoms with E-state index in [-0.39, 0.29) is 0 Å². The molecule has 0 saturated carbocycles. The van der Waals surface area contributed by atoms with E-state index in [4.69, 9.17) is 23.2 Å². The predicted molar refractivity (Wildman–Crippen MR) is 79.7 cm³/mol. The average molecular weight is 301 g/mol. The minimum atomic E-state index is 0.312. The van der Waals surface area contributed by atoms with Crippen LogP contribution in [0.2, 0.25) is 10.0 Å². The first-order chi connectivity index (χ1) is 8.61. The number of hydrogen-bond donors (Lipinski definition) is 1. The lowest BCUT2D eigenvalue weighted by molar-refractivity contribution is 0.606. The Morgan fingerprint density at radius 2 is 2.17 bits per heavy atom. The number of benzene rings is 1. The molecule has 0 aliphatic carbocycles. The largest absolute Gasteiger partial charge is 0.310 e. The van der Waals surface area contributed by atoms with Gasteiger partial charge < -0.3 is 5.32 Å². The molecular formula is C13H14Cl2N2S. The second-order valence-electron chi connectivity index (χ2n) is 3.97. The third kappa shape index (κ3) is 3.04. The molecule has 0 aliphatic rings. The average Bonchev–Trinajstić information content (AvgIpc) is 2.78. The van der Waals surface area contributed by atoms with Crippen molar-refractivity contribution in [1.82, 2.24) is 10.3 Å². The van der Waals surface area contributed by atoms with Crippen molar-refractivity contribution in [3.8, 4) is 10.6 Å². The Bertz CT molecular complexity index is 540. The molecule has 1 heterocycles. The number of rotatable bonds is 4. The third-order valence-corrected chi connectivity index (χ3v) is 4.38. The number of hydrogen-bond acceptors (Lipinski definition) is 3. The quantitative estimate of drug-likeness (QED) is 0.878. The highest BCUT2D eigenvalue weighted by molar-refractivity contribution is 7.15. The van der Waals surface area contributed by atoms with E-state index in [0.29, 0.717) is 16.1 Å². The fourth-order valence-electron chi connectivity index (χ4n) is 1.68. The first-order valence-corrected chi connectivity index (χ1v) is 7.33. The van der Waals surface area contributed by atoms with E-state index in [9.17, 15) is 0 Å². The zero-order valence-electron chi connectivity index (χ0n) is 10.2. The molecule has 1 atom stereocenters. The van der Waals surface area contributed by atoms with Gasteiger partial charge in [-0.05, 0) is 31.7 Å². The minimum absolute atomic E-state index is 0.312. The number of thiazole rings is 1. The number of nitrogens with one attached hydrogen (secondary N) is 1. The second kappa shape index (κ2) is 6.02. The van der Waals surface area contributed by atoms with Crippen LogP contribution in [0.15, 0.2) is 24.4 Å². The van der Waals surface area contributed by atoms with Gasteiger partial charge in [0.25, 0.3) is 0 Å². The summed E-state index contributed by atoms with van der Waals surface area (Å²) in [6.45, 7) is 5.16. The van der Waals surface area contributed by atoms with E-state index in [1.165, 1.54) is 4.88 Å². The molecule has 0 fully saturated rings. The van der Waals surface area contributed by atoms with Crippen LogP contribution in [-0.2, 0) is 0 Å². The van der Waals surface area contributed by atoms with Gasteiger partial charge in [0.1, 0.15) is 5.01 Å². The van der Waals surface area contributed by atoms with Gasteiger partial charge in [0, 0.05) is 27.7 Å². The zero-order valence-corrected chi connectivity index (χ0v) is 12.5. The Labute approximate surface area is 121 Å². The Balaban J connectivity index is 2.29. The van der Waals surface area contributed by atoms with Gasteiger partial charge in [-0.25, -0.2) is 4.98 Å². The van der Waals surface area contributed by atoms with Crippen LogP contribution >= 0.6 is 34.5 Å². The third-order valence-electron chi connectivity index (χ3n) is 2.62.